The van der Waals surface area contributed by atoms with Crippen molar-refractivity contribution in [2.45, 2.75) is 10.7 Å². The number of nitrogen functional groups attached to an aromatic ring is 1. The summed E-state index contributed by atoms with van der Waals surface area (Å²) in [7, 11) is -4.68. The molecule has 1 aromatic heterocycles. The number of sulfone groups is 1. The molecular weight excluding hydrogens is 264 g/mol. The van der Waals surface area contributed by atoms with Gasteiger partial charge in [0.05, 0.1) is 28.7 Å². The minimum atomic E-state index is -4.68. The highest BCUT2D eigenvalue weighted by Gasteiger charge is 2.29. The Labute approximate surface area is 102 Å². The van der Waals surface area contributed by atoms with Gasteiger partial charge in [-0.25, -0.2) is 13.1 Å². The zero-order valence-electron chi connectivity index (χ0n) is 8.99. The van der Waals surface area contributed by atoms with Gasteiger partial charge in [0, 0.05) is 0 Å². The second-order valence-electron chi connectivity index (χ2n) is 3.49. The van der Waals surface area contributed by atoms with E-state index in [4.69, 9.17) is 5.73 Å². The summed E-state index contributed by atoms with van der Waals surface area (Å²) in [6.07, 6.45) is 2.64. The molecule has 8 heteroatoms. The van der Waals surface area contributed by atoms with Crippen LogP contribution >= 0.6 is 0 Å². The van der Waals surface area contributed by atoms with Gasteiger partial charge in [-0.1, -0.05) is 12.1 Å². The first-order valence-corrected chi connectivity index (χ1v) is 6.39. The molecule has 0 unspecified atom stereocenters. The van der Waals surface area contributed by atoms with Crippen molar-refractivity contribution in [1.29, 1.82) is 0 Å². The monoisotopic (exact) mass is 273 g/mol. The summed E-state index contributed by atoms with van der Waals surface area (Å²) in [5.41, 5.74) is 5.80. The lowest BCUT2D eigenvalue weighted by Crippen LogP contribution is -2.14. The lowest BCUT2D eigenvalue weighted by Gasteiger charge is -2.09. The van der Waals surface area contributed by atoms with Gasteiger partial charge >= 0.3 is 5.76 Å². The molecule has 0 atom stereocenters. The van der Waals surface area contributed by atoms with Gasteiger partial charge in [0.15, 0.2) is 0 Å². The standard InChI is InChI=1S/C10H9F2N3O2S/c11-10(12)18(16,17)9-4-2-1-3-8(9)15-6-7(13)5-14-15/h1-6,10H,13H2. The summed E-state index contributed by atoms with van der Waals surface area (Å²) in [4.78, 5) is -0.483. The highest BCUT2D eigenvalue weighted by Crippen LogP contribution is 2.25. The molecule has 0 aliphatic heterocycles. The van der Waals surface area contributed by atoms with E-state index in [9.17, 15) is 17.2 Å². The van der Waals surface area contributed by atoms with Crippen molar-refractivity contribution in [1.82, 2.24) is 9.78 Å². The third-order valence-electron chi connectivity index (χ3n) is 2.26. The van der Waals surface area contributed by atoms with Gasteiger partial charge in [0.25, 0.3) is 0 Å². The van der Waals surface area contributed by atoms with Crippen LogP contribution in [0, 0.1) is 0 Å². The Hall–Kier alpha value is -1.96. The quantitative estimate of drug-likeness (QED) is 0.918. The van der Waals surface area contributed by atoms with Crippen LogP contribution in [0.15, 0.2) is 41.6 Å². The Morgan fingerprint density at radius 1 is 1.28 bits per heavy atom. The molecule has 0 bridgehead atoms. The van der Waals surface area contributed by atoms with Crippen LogP contribution in [-0.4, -0.2) is 24.0 Å². The summed E-state index contributed by atoms with van der Waals surface area (Å²) in [5.74, 6) is -3.48. The summed E-state index contributed by atoms with van der Waals surface area (Å²) in [6.45, 7) is 0. The molecule has 96 valence electrons. The number of benzene rings is 1. The minimum absolute atomic E-state index is 0.0366. The van der Waals surface area contributed by atoms with Crippen molar-refractivity contribution >= 4 is 15.5 Å². The number of para-hydroxylation sites is 1. The number of rotatable bonds is 3. The van der Waals surface area contributed by atoms with E-state index in [1.54, 1.807) is 0 Å². The van der Waals surface area contributed by atoms with E-state index in [1.807, 2.05) is 0 Å². The van der Waals surface area contributed by atoms with E-state index in [0.717, 1.165) is 10.7 Å². The molecule has 5 nitrogen and oxygen atoms in total. The molecule has 1 heterocycles. The predicted octanol–water partition coefficient (Wildman–Crippen LogP) is 1.45. The first-order valence-electron chi connectivity index (χ1n) is 4.84. The average Bonchev–Trinajstić information content (AvgIpc) is 2.75. The molecule has 1 aromatic carbocycles. The third kappa shape index (κ3) is 2.06. The number of alkyl halides is 2. The minimum Gasteiger partial charge on any atom is -0.396 e. The smallest absolute Gasteiger partial charge is 0.341 e. The molecule has 2 aromatic rings. The van der Waals surface area contributed by atoms with Crippen LogP contribution in [0.25, 0.3) is 5.69 Å². The summed E-state index contributed by atoms with van der Waals surface area (Å²) < 4.78 is 49.3. The Kier molecular flexibility index (Phi) is 3.04. The van der Waals surface area contributed by atoms with Crippen molar-refractivity contribution < 1.29 is 17.2 Å². The summed E-state index contributed by atoms with van der Waals surface area (Å²) >= 11 is 0. The fraction of sp³-hybridized carbons (Fsp3) is 0.100. The van der Waals surface area contributed by atoms with E-state index in [-0.39, 0.29) is 5.69 Å². The van der Waals surface area contributed by atoms with Crippen LogP contribution in [0.5, 0.6) is 0 Å². The van der Waals surface area contributed by atoms with Crippen molar-refractivity contribution in [3.05, 3.63) is 36.7 Å². The maximum absolute atomic E-state index is 12.6. The summed E-state index contributed by atoms with van der Waals surface area (Å²) in [6, 6.07) is 5.37. The van der Waals surface area contributed by atoms with E-state index < -0.39 is 20.5 Å². The van der Waals surface area contributed by atoms with Crippen LogP contribution in [-0.2, 0) is 9.84 Å². The Bertz CT molecular complexity index is 667. The van der Waals surface area contributed by atoms with Crippen LogP contribution < -0.4 is 5.73 Å². The van der Waals surface area contributed by atoms with Crippen molar-refractivity contribution in [2.24, 2.45) is 0 Å². The summed E-state index contributed by atoms with van der Waals surface area (Å²) in [5, 5.41) is 3.80. The van der Waals surface area contributed by atoms with E-state index in [1.165, 1.54) is 30.6 Å². The van der Waals surface area contributed by atoms with Crippen LogP contribution in [0.4, 0.5) is 14.5 Å². The van der Waals surface area contributed by atoms with E-state index in [2.05, 4.69) is 5.10 Å². The number of hydrogen-bond acceptors (Lipinski definition) is 4. The molecule has 0 amide bonds. The Morgan fingerprint density at radius 3 is 2.50 bits per heavy atom. The van der Waals surface area contributed by atoms with Crippen LogP contribution in [0.2, 0.25) is 0 Å². The largest absolute Gasteiger partial charge is 0.396 e. The van der Waals surface area contributed by atoms with Gasteiger partial charge in [-0.15, -0.1) is 0 Å². The lowest BCUT2D eigenvalue weighted by atomic mass is 10.3. The Balaban J connectivity index is 2.64. The molecule has 18 heavy (non-hydrogen) atoms. The molecule has 0 saturated heterocycles. The fourth-order valence-corrected chi connectivity index (χ4v) is 2.36. The zero-order chi connectivity index (χ0) is 13.3. The highest BCUT2D eigenvalue weighted by atomic mass is 32.2. The average molecular weight is 273 g/mol. The Morgan fingerprint density at radius 2 is 1.94 bits per heavy atom. The van der Waals surface area contributed by atoms with Crippen molar-refractivity contribution in [3.8, 4) is 5.69 Å². The molecular formula is C10H9F2N3O2S. The zero-order valence-corrected chi connectivity index (χ0v) is 9.81. The SMILES string of the molecule is Nc1cnn(-c2ccccc2S(=O)(=O)C(F)F)c1. The van der Waals surface area contributed by atoms with Gasteiger partial charge in [-0.05, 0) is 12.1 Å². The number of anilines is 1. The maximum atomic E-state index is 12.6. The van der Waals surface area contributed by atoms with Gasteiger partial charge in [0.1, 0.15) is 0 Å². The molecule has 0 saturated carbocycles. The van der Waals surface area contributed by atoms with Gasteiger partial charge in [0.2, 0.25) is 9.84 Å². The van der Waals surface area contributed by atoms with E-state index >= 15 is 0 Å². The first kappa shape index (κ1) is 12.5. The van der Waals surface area contributed by atoms with Gasteiger partial charge < -0.3 is 5.73 Å². The number of aromatic nitrogens is 2. The maximum Gasteiger partial charge on any atom is 0.341 e. The van der Waals surface area contributed by atoms with Crippen LogP contribution in [0.1, 0.15) is 0 Å². The number of nitrogens with zero attached hydrogens (tertiary/aromatic N) is 2. The molecule has 0 radical (unpaired) electrons. The second-order valence-corrected chi connectivity index (χ2v) is 5.38. The topological polar surface area (TPSA) is 78.0 Å². The first-order chi connectivity index (χ1) is 8.43. The van der Waals surface area contributed by atoms with Crippen molar-refractivity contribution in [2.75, 3.05) is 5.73 Å². The van der Waals surface area contributed by atoms with Crippen LogP contribution in [0.3, 0.4) is 0 Å². The van der Waals surface area contributed by atoms with Gasteiger partial charge in [-0.3, -0.25) is 0 Å². The molecule has 0 spiro atoms. The predicted molar refractivity (Wildman–Crippen MR) is 61.2 cm³/mol. The fourth-order valence-electron chi connectivity index (χ4n) is 1.45. The van der Waals surface area contributed by atoms with E-state index in [0.29, 0.717) is 5.69 Å². The normalized spacial score (nSPS) is 11.9. The van der Waals surface area contributed by atoms with Gasteiger partial charge in [-0.2, -0.15) is 13.9 Å². The second kappa shape index (κ2) is 4.37. The third-order valence-corrected chi connectivity index (χ3v) is 3.68. The molecule has 0 fully saturated rings. The van der Waals surface area contributed by atoms with Crippen molar-refractivity contribution in [3.63, 3.8) is 0 Å². The molecule has 0 aliphatic rings. The molecule has 2 N–H and O–H groups in total. The molecule has 2 rings (SSSR count). The number of nitrogens with two attached hydrogens (primary N) is 1. The lowest BCUT2D eigenvalue weighted by molar-refractivity contribution is 0.234. The molecule has 0 aliphatic carbocycles. The number of hydrogen-bond donors (Lipinski definition) is 1. The number of halogens is 2. The highest BCUT2D eigenvalue weighted by molar-refractivity contribution is 7.91.